The number of likely N-dealkylation sites (tertiary alicyclic amines) is 1. The molecule has 5 atom stereocenters. The van der Waals surface area contributed by atoms with Crippen LogP contribution in [0.2, 0.25) is 0 Å². The summed E-state index contributed by atoms with van der Waals surface area (Å²) < 4.78 is 6.74. The standard InChI is InChI=1S/C29H32N2O3/c1-19(32)18-31-16-15-29-22-12-13-23(30(2)26(33)14-11-20-7-4-3-5-8-20)28(29)34-25-10-6-9-21(27(25)29)17-24(22)31/h3-11,14,22-24,28H,12-13,15-18H2,1-2H3/t22-,23+,24+,28-,29-/m0/s1. The van der Waals surface area contributed by atoms with E-state index in [1.165, 1.54) is 11.1 Å². The molecule has 176 valence electrons. The fourth-order valence-electron chi connectivity index (χ4n) is 7.46. The highest BCUT2D eigenvalue weighted by Gasteiger charge is 2.65. The van der Waals surface area contributed by atoms with E-state index in [0.717, 1.165) is 43.5 Å². The molecule has 1 saturated carbocycles. The number of piperidine rings is 1. The van der Waals surface area contributed by atoms with Crippen molar-refractivity contribution < 1.29 is 14.3 Å². The first-order valence-electron chi connectivity index (χ1n) is 12.5. The van der Waals surface area contributed by atoms with Gasteiger partial charge in [-0.15, -0.1) is 0 Å². The maximum atomic E-state index is 13.2. The third kappa shape index (κ3) is 3.17. The molecule has 4 aliphatic rings. The van der Waals surface area contributed by atoms with E-state index in [2.05, 4.69) is 23.1 Å². The Kier molecular flexibility index (Phi) is 5.14. The zero-order chi connectivity index (χ0) is 23.4. The van der Waals surface area contributed by atoms with Crippen LogP contribution in [0, 0.1) is 5.92 Å². The Labute approximate surface area is 201 Å². The van der Waals surface area contributed by atoms with Gasteiger partial charge in [-0.1, -0.05) is 42.5 Å². The molecule has 2 aromatic rings. The lowest BCUT2D eigenvalue weighted by Gasteiger charge is -2.60. The number of hydrogen-bond acceptors (Lipinski definition) is 4. The molecule has 2 aromatic carbocycles. The summed E-state index contributed by atoms with van der Waals surface area (Å²) in [4.78, 5) is 29.6. The van der Waals surface area contributed by atoms with Gasteiger partial charge in [0, 0.05) is 30.1 Å². The van der Waals surface area contributed by atoms with Crippen molar-refractivity contribution in [2.75, 3.05) is 20.1 Å². The van der Waals surface area contributed by atoms with Gasteiger partial charge in [-0.05, 0) is 68.3 Å². The largest absolute Gasteiger partial charge is 0.487 e. The van der Waals surface area contributed by atoms with Crippen molar-refractivity contribution in [2.45, 2.75) is 56.2 Å². The Hall–Kier alpha value is -2.92. The molecule has 5 heteroatoms. The second-order valence-electron chi connectivity index (χ2n) is 10.5. The number of benzene rings is 2. The summed E-state index contributed by atoms with van der Waals surface area (Å²) in [6.07, 6.45) is 7.48. The Balaban J connectivity index is 1.33. The lowest BCUT2D eigenvalue weighted by Crippen LogP contribution is -2.69. The maximum absolute atomic E-state index is 13.2. The highest BCUT2D eigenvalue weighted by molar-refractivity contribution is 5.92. The van der Waals surface area contributed by atoms with Crippen molar-refractivity contribution in [1.82, 2.24) is 9.80 Å². The third-order valence-corrected chi connectivity index (χ3v) is 8.79. The van der Waals surface area contributed by atoms with Crippen molar-refractivity contribution in [3.05, 3.63) is 71.3 Å². The normalized spacial score (nSPS) is 31.1. The molecule has 2 aliphatic heterocycles. The van der Waals surface area contributed by atoms with Crippen molar-refractivity contribution in [1.29, 1.82) is 0 Å². The van der Waals surface area contributed by atoms with Crippen LogP contribution in [-0.4, -0.2) is 59.8 Å². The second-order valence-corrected chi connectivity index (χ2v) is 10.5. The van der Waals surface area contributed by atoms with Crippen LogP contribution in [0.15, 0.2) is 54.6 Å². The van der Waals surface area contributed by atoms with Crippen LogP contribution in [0.25, 0.3) is 6.08 Å². The van der Waals surface area contributed by atoms with Gasteiger partial charge in [-0.25, -0.2) is 0 Å². The molecule has 6 rings (SSSR count). The number of carbonyl (C=O) groups excluding carboxylic acids is 2. The van der Waals surface area contributed by atoms with E-state index < -0.39 is 0 Å². The van der Waals surface area contributed by atoms with Crippen LogP contribution >= 0.6 is 0 Å². The van der Waals surface area contributed by atoms with Gasteiger partial charge in [0.15, 0.2) is 0 Å². The van der Waals surface area contributed by atoms with E-state index >= 15 is 0 Å². The summed E-state index contributed by atoms with van der Waals surface area (Å²) in [7, 11) is 1.93. The first-order chi connectivity index (χ1) is 16.5. The van der Waals surface area contributed by atoms with Gasteiger partial charge in [-0.2, -0.15) is 0 Å². The van der Waals surface area contributed by atoms with E-state index in [1.54, 1.807) is 13.0 Å². The summed E-state index contributed by atoms with van der Waals surface area (Å²) >= 11 is 0. The molecule has 1 amide bonds. The van der Waals surface area contributed by atoms with E-state index in [9.17, 15) is 9.59 Å². The SMILES string of the molecule is CC(=O)CN1CC[C@]23c4c5cccc4O[C@H]2[C@H](N(C)C(=O)C=Cc2ccccc2)CC[C@H]3[C@H]1C5. The van der Waals surface area contributed by atoms with Crippen molar-refractivity contribution >= 4 is 17.8 Å². The van der Waals surface area contributed by atoms with Gasteiger partial charge in [0.25, 0.3) is 0 Å². The van der Waals surface area contributed by atoms with Gasteiger partial charge < -0.3 is 9.64 Å². The lowest BCUT2D eigenvalue weighted by atomic mass is 9.51. The second kappa shape index (κ2) is 8.09. The van der Waals surface area contributed by atoms with E-state index in [0.29, 0.717) is 18.5 Å². The van der Waals surface area contributed by atoms with Crippen LogP contribution in [-0.2, 0) is 21.4 Å². The number of Topliss-reactive ketones (excluding diaryl/α,β-unsaturated/α-hetero) is 1. The van der Waals surface area contributed by atoms with Crippen molar-refractivity contribution in [2.24, 2.45) is 5.92 Å². The number of ether oxygens (including phenoxy) is 1. The summed E-state index contributed by atoms with van der Waals surface area (Å²) in [6, 6.07) is 16.8. The maximum Gasteiger partial charge on any atom is 0.246 e. The van der Waals surface area contributed by atoms with Gasteiger partial charge in [0.2, 0.25) is 5.91 Å². The smallest absolute Gasteiger partial charge is 0.246 e. The number of nitrogens with zero attached hydrogens (tertiary/aromatic N) is 2. The molecule has 1 spiro atoms. The molecule has 0 aromatic heterocycles. The number of likely N-dealkylation sites (N-methyl/N-ethyl adjacent to an activating group) is 1. The zero-order valence-electron chi connectivity index (χ0n) is 19.9. The molecule has 0 N–H and O–H groups in total. The molecule has 2 heterocycles. The number of amides is 1. The minimum atomic E-state index is -0.0667. The molecule has 2 bridgehead atoms. The first kappa shape index (κ1) is 21.6. The summed E-state index contributed by atoms with van der Waals surface area (Å²) in [5, 5.41) is 0. The third-order valence-electron chi connectivity index (χ3n) is 8.79. The summed E-state index contributed by atoms with van der Waals surface area (Å²) in [5.41, 5.74) is 3.72. The molecule has 0 radical (unpaired) electrons. The molecule has 34 heavy (non-hydrogen) atoms. The molecule has 0 unspecified atom stereocenters. The first-order valence-corrected chi connectivity index (χ1v) is 12.5. The van der Waals surface area contributed by atoms with E-state index in [-0.39, 0.29) is 29.3 Å². The number of hydrogen-bond donors (Lipinski definition) is 0. The monoisotopic (exact) mass is 456 g/mol. The van der Waals surface area contributed by atoms with Crippen LogP contribution < -0.4 is 4.74 Å². The average molecular weight is 457 g/mol. The van der Waals surface area contributed by atoms with Crippen LogP contribution in [0.4, 0.5) is 0 Å². The molecule has 2 aliphatic carbocycles. The van der Waals surface area contributed by atoms with Crippen LogP contribution in [0.1, 0.15) is 42.9 Å². The summed E-state index contributed by atoms with van der Waals surface area (Å²) in [5.74, 6) is 1.73. The predicted octanol–water partition coefficient (Wildman–Crippen LogP) is 3.86. The Bertz CT molecular complexity index is 1160. The highest BCUT2D eigenvalue weighted by Crippen LogP contribution is 2.62. The van der Waals surface area contributed by atoms with Gasteiger partial charge in [-0.3, -0.25) is 14.5 Å². The molecule has 5 nitrogen and oxygen atoms in total. The molecule has 2 fully saturated rings. The Morgan fingerprint density at radius 2 is 1.97 bits per heavy atom. The van der Waals surface area contributed by atoms with Gasteiger partial charge in [0.05, 0.1) is 12.6 Å². The quantitative estimate of drug-likeness (QED) is 0.642. The topological polar surface area (TPSA) is 49.9 Å². The minimum absolute atomic E-state index is 0.0184. The Morgan fingerprint density at radius 3 is 2.76 bits per heavy atom. The molecular weight excluding hydrogens is 424 g/mol. The predicted molar refractivity (Wildman–Crippen MR) is 132 cm³/mol. The lowest BCUT2D eigenvalue weighted by molar-refractivity contribution is -0.136. The van der Waals surface area contributed by atoms with Crippen LogP contribution in [0.5, 0.6) is 5.75 Å². The van der Waals surface area contributed by atoms with E-state index in [1.807, 2.05) is 48.4 Å². The van der Waals surface area contributed by atoms with E-state index in [4.69, 9.17) is 4.74 Å². The van der Waals surface area contributed by atoms with Gasteiger partial charge in [0.1, 0.15) is 17.6 Å². The highest BCUT2D eigenvalue weighted by atomic mass is 16.5. The molecular formula is C29H32N2O3. The fourth-order valence-corrected chi connectivity index (χ4v) is 7.46. The fraction of sp³-hybridized carbons (Fsp3) is 0.448. The Morgan fingerprint density at radius 1 is 1.15 bits per heavy atom. The number of rotatable bonds is 5. The van der Waals surface area contributed by atoms with Gasteiger partial charge >= 0.3 is 0 Å². The van der Waals surface area contributed by atoms with Crippen molar-refractivity contribution in [3.8, 4) is 5.75 Å². The summed E-state index contributed by atoms with van der Waals surface area (Å²) in [6.45, 7) is 3.14. The van der Waals surface area contributed by atoms with Crippen molar-refractivity contribution in [3.63, 3.8) is 0 Å². The minimum Gasteiger partial charge on any atom is -0.487 e. The number of carbonyl (C=O) groups is 2. The average Bonchev–Trinajstić information content (AvgIpc) is 3.18. The van der Waals surface area contributed by atoms with Crippen LogP contribution in [0.3, 0.4) is 0 Å². The zero-order valence-corrected chi connectivity index (χ0v) is 19.9. The number of ketones is 1. The molecule has 1 saturated heterocycles.